The number of carbonyl (C=O) groups is 1. The van der Waals surface area contributed by atoms with Crippen molar-refractivity contribution in [1.29, 1.82) is 0 Å². The molecule has 0 unspecified atom stereocenters. The molecule has 11 heteroatoms. The Morgan fingerprint density at radius 1 is 1.02 bits per heavy atom. The van der Waals surface area contributed by atoms with Gasteiger partial charge in [0, 0.05) is 12.1 Å². The van der Waals surface area contributed by atoms with Crippen molar-refractivity contribution in [3.63, 3.8) is 0 Å². The molecular weight excluding hydrogens is 597 g/mol. The molecule has 0 bridgehead atoms. The van der Waals surface area contributed by atoms with E-state index in [2.05, 4.69) is 10.1 Å². The number of hydrogen-bond acceptors (Lipinski definition) is 8. The van der Waals surface area contributed by atoms with E-state index in [0.29, 0.717) is 35.2 Å². The number of amides is 1. The number of aryl methyl sites for hydroxylation is 1. The minimum atomic E-state index is -3.82. The Morgan fingerprint density at radius 2 is 1.77 bits per heavy atom. The molecule has 0 aliphatic carbocycles. The lowest BCUT2D eigenvalue weighted by atomic mass is 10.0. The highest BCUT2D eigenvalue weighted by Crippen LogP contribution is 2.34. The Morgan fingerprint density at radius 3 is 2.52 bits per heavy atom. The van der Waals surface area contributed by atoms with Gasteiger partial charge in [-0.2, -0.15) is 10.1 Å². The van der Waals surface area contributed by atoms with Crippen molar-refractivity contribution in [1.82, 2.24) is 4.98 Å². The van der Waals surface area contributed by atoms with Crippen LogP contribution in [-0.4, -0.2) is 45.8 Å². The average Bonchev–Trinajstić information content (AvgIpc) is 3.48. The van der Waals surface area contributed by atoms with E-state index in [1.165, 1.54) is 44.9 Å². The molecule has 9 nitrogen and oxygen atoms in total. The maximum absolute atomic E-state index is 13.9. The van der Waals surface area contributed by atoms with Crippen molar-refractivity contribution in [2.45, 2.75) is 24.7 Å². The Bertz CT molecular complexity index is 1940. The molecule has 1 aromatic heterocycles. The van der Waals surface area contributed by atoms with Crippen LogP contribution in [0.4, 0.5) is 10.8 Å². The molecule has 0 radical (unpaired) electrons. The zero-order chi connectivity index (χ0) is 30.7. The summed E-state index contributed by atoms with van der Waals surface area (Å²) in [5, 5.41) is 6.13. The first kappa shape index (κ1) is 29.3. The quantitative estimate of drug-likeness (QED) is 0.136. The molecule has 1 aliphatic heterocycles. The van der Waals surface area contributed by atoms with Crippen LogP contribution >= 0.6 is 11.3 Å². The summed E-state index contributed by atoms with van der Waals surface area (Å²) in [6.07, 6.45) is 3.15. The summed E-state index contributed by atoms with van der Waals surface area (Å²) >= 11 is 1.30. The molecule has 5 aromatic rings. The first-order valence-electron chi connectivity index (χ1n) is 14.1. The number of hydrogen-bond donors (Lipinski definition) is 0. The van der Waals surface area contributed by atoms with Gasteiger partial charge in [-0.1, -0.05) is 29.5 Å². The van der Waals surface area contributed by atoms with Crippen molar-refractivity contribution in [2.24, 2.45) is 5.10 Å². The summed E-state index contributed by atoms with van der Waals surface area (Å²) in [6.45, 7) is 2.88. The maximum Gasteiger partial charge on any atom is 0.280 e. The predicted molar refractivity (Wildman–Crippen MR) is 174 cm³/mol. The van der Waals surface area contributed by atoms with E-state index in [9.17, 15) is 13.2 Å². The molecule has 1 amide bonds. The van der Waals surface area contributed by atoms with E-state index in [4.69, 9.17) is 9.47 Å². The van der Waals surface area contributed by atoms with E-state index in [-0.39, 0.29) is 10.5 Å². The van der Waals surface area contributed by atoms with Crippen molar-refractivity contribution < 1.29 is 22.7 Å². The third kappa shape index (κ3) is 5.88. The summed E-state index contributed by atoms with van der Waals surface area (Å²) in [6, 6.07) is 26.4. The topological polar surface area (TPSA) is 101 Å². The molecule has 44 heavy (non-hydrogen) atoms. The number of nitrogens with zero attached hydrogens (tertiary/aromatic N) is 4. The largest absolute Gasteiger partial charge is 0.497 e. The highest BCUT2D eigenvalue weighted by Gasteiger charge is 2.29. The SMILES string of the molecule is CCOc1ccc(/C=N/N(C(=O)c2ccc(S(=O)(=O)N3CCCc4ccccc43)cc2)c2nc3ccc(OC)cc3s2)cc1. The summed E-state index contributed by atoms with van der Waals surface area (Å²) in [5.41, 5.74) is 3.42. The van der Waals surface area contributed by atoms with E-state index < -0.39 is 15.9 Å². The lowest BCUT2D eigenvalue weighted by Crippen LogP contribution is -2.35. The Kier molecular flexibility index (Phi) is 8.32. The van der Waals surface area contributed by atoms with Crippen LogP contribution in [0.15, 0.2) is 101 Å². The lowest BCUT2D eigenvalue weighted by molar-refractivity contribution is 0.0987. The highest BCUT2D eigenvalue weighted by atomic mass is 32.2. The van der Waals surface area contributed by atoms with E-state index in [1.54, 1.807) is 19.4 Å². The first-order valence-corrected chi connectivity index (χ1v) is 16.4. The number of benzene rings is 4. The van der Waals surface area contributed by atoms with Gasteiger partial charge >= 0.3 is 0 Å². The third-order valence-corrected chi connectivity index (χ3v) is 10.0. The van der Waals surface area contributed by atoms with E-state index >= 15 is 0 Å². The van der Waals surface area contributed by atoms with Crippen LogP contribution in [0.1, 0.15) is 34.8 Å². The number of hydrazone groups is 1. The molecule has 0 atom stereocenters. The zero-order valence-corrected chi connectivity index (χ0v) is 25.8. The Hall–Kier alpha value is -4.74. The molecule has 0 saturated carbocycles. The first-order chi connectivity index (χ1) is 21.4. The van der Waals surface area contributed by atoms with Gasteiger partial charge in [0.1, 0.15) is 11.5 Å². The second-order valence-corrected chi connectivity index (χ2v) is 12.9. The smallest absolute Gasteiger partial charge is 0.280 e. The molecular formula is C33H30N4O5S2. The van der Waals surface area contributed by atoms with Crippen molar-refractivity contribution in [3.05, 3.63) is 108 Å². The molecule has 2 heterocycles. The third-order valence-electron chi connectivity index (χ3n) is 7.23. The second-order valence-electron chi connectivity index (χ2n) is 10.0. The van der Waals surface area contributed by atoms with E-state index in [0.717, 1.165) is 34.4 Å². The van der Waals surface area contributed by atoms with Gasteiger partial charge in [-0.25, -0.2) is 13.4 Å². The summed E-state index contributed by atoms with van der Waals surface area (Å²) in [7, 11) is -2.23. The van der Waals surface area contributed by atoms with Gasteiger partial charge in [-0.15, -0.1) is 0 Å². The number of thiazole rings is 1. The molecule has 1 aliphatic rings. The van der Waals surface area contributed by atoms with Gasteiger partial charge in [0.05, 0.1) is 40.7 Å². The fraction of sp³-hybridized carbons (Fsp3) is 0.182. The van der Waals surface area contributed by atoms with Gasteiger partial charge < -0.3 is 9.47 Å². The standard InChI is InChI=1S/C33H30N4O5S2/c1-3-42-26-14-10-23(11-15-26)22-34-37(33-35-29-19-16-27(41-2)21-31(29)43-33)32(38)25-12-17-28(18-13-25)44(39,40)36-20-6-8-24-7-4-5-9-30(24)36/h4-5,7,9-19,21-22H,3,6,8,20H2,1-2H3/b34-22+. The molecule has 4 aromatic carbocycles. The van der Waals surface area contributed by atoms with Crippen LogP contribution in [0.5, 0.6) is 11.5 Å². The molecule has 0 spiro atoms. The fourth-order valence-corrected chi connectivity index (χ4v) is 7.50. The molecule has 0 saturated heterocycles. The van der Waals surface area contributed by atoms with Gasteiger partial charge in [0.2, 0.25) is 5.13 Å². The maximum atomic E-state index is 13.9. The predicted octanol–water partition coefficient (Wildman–Crippen LogP) is 6.53. The number of para-hydroxylation sites is 1. The van der Waals surface area contributed by atoms with Crippen molar-refractivity contribution in [2.75, 3.05) is 29.6 Å². The zero-order valence-electron chi connectivity index (χ0n) is 24.2. The second kappa shape index (κ2) is 12.5. The normalized spacial score (nSPS) is 13.2. The molecule has 6 rings (SSSR count). The monoisotopic (exact) mass is 626 g/mol. The summed E-state index contributed by atoms with van der Waals surface area (Å²) < 4.78 is 40.4. The number of carbonyl (C=O) groups excluding carboxylic acids is 1. The lowest BCUT2D eigenvalue weighted by Gasteiger charge is -2.30. The van der Waals surface area contributed by atoms with Crippen molar-refractivity contribution in [3.8, 4) is 11.5 Å². The fourth-order valence-electron chi connectivity index (χ4n) is 5.01. The summed E-state index contributed by atoms with van der Waals surface area (Å²) in [5.74, 6) is 0.961. The number of fused-ring (bicyclic) bond motifs is 2. The molecule has 0 fully saturated rings. The van der Waals surface area contributed by atoms with Crippen LogP contribution in [0.3, 0.4) is 0 Å². The Labute approximate surface area is 260 Å². The number of aromatic nitrogens is 1. The minimum Gasteiger partial charge on any atom is -0.497 e. The average molecular weight is 627 g/mol. The molecule has 224 valence electrons. The van der Waals surface area contributed by atoms with Crippen molar-refractivity contribution >= 4 is 54.5 Å². The van der Waals surface area contributed by atoms with Crippen LogP contribution in [-0.2, 0) is 16.4 Å². The number of rotatable bonds is 9. The van der Waals surface area contributed by atoms with Crippen LogP contribution < -0.4 is 18.8 Å². The summed E-state index contributed by atoms with van der Waals surface area (Å²) in [4.78, 5) is 18.7. The highest BCUT2D eigenvalue weighted by molar-refractivity contribution is 7.92. The molecule has 0 N–H and O–H groups in total. The number of ether oxygens (including phenoxy) is 2. The number of sulfonamides is 1. The van der Waals surface area contributed by atoms with Gasteiger partial charge in [0.25, 0.3) is 15.9 Å². The number of methoxy groups -OCH3 is 1. The number of anilines is 2. The van der Waals surface area contributed by atoms with Gasteiger partial charge in [0.15, 0.2) is 0 Å². The van der Waals surface area contributed by atoms with Gasteiger partial charge in [-0.3, -0.25) is 9.10 Å². The van der Waals surface area contributed by atoms with Crippen LogP contribution in [0.25, 0.3) is 10.2 Å². The van der Waals surface area contributed by atoms with Crippen LogP contribution in [0.2, 0.25) is 0 Å². The Balaban J connectivity index is 1.32. The van der Waals surface area contributed by atoms with Crippen LogP contribution in [0, 0.1) is 0 Å². The van der Waals surface area contributed by atoms with Gasteiger partial charge in [-0.05, 0) is 104 Å². The minimum absolute atomic E-state index is 0.113. The van der Waals surface area contributed by atoms with E-state index in [1.807, 2.05) is 67.6 Å².